The molecular weight excluding hydrogens is 314 g/mol. The molecule has 0 aliphatic carbocycles. The second kappa shape index (κ2) is 8.21. The molecule has 1 atom stereocenters. The molecule has 2 N–H and O–H groups in total. The van der Waals surface area contributed by atoms with Gasteiger partial charge in [-0.15, -0.1) is 24.2 Å². The van der Waals surface area contributed by atoms with Crippen molar-refractivity contribution in [2.24, 2.45) is 0 Å². The van der Waals surface area contributed by atoms with Crippen LogP contribution < -0.4 is 10.6 Å². The lowest BCUT2D eigenvalue weighted by atomic mass is 10.1. The van der Waals surface area contributed by atoms with Gasteiger partial charge in [-0.3, -0.25) is 14.9 Å². The van der Waals surface area contributed by atoms with Crippen LogP contribution in [0.5, 0.6) is 0 Å². The van der Waals surface area contributed by atoms with Gasteiger partial charge in [-0.2, -0.15) is 0 Å². The van der Waals surface area contributed by atoms with Gasteiger partial charge in [-0.25, -0.2) is 0 Å². The molecule has 6 nitrogen and oxygen atoms in total. The summed E-state index contributed by atoms with van der Waals surface area (Å²) in [6.45, 7) is 1.72. The molecule has 0 radical (unpaired) electrons. The van der Waals surface area contributed by atoms with Crippen molar-refractivity contribution in [3.63, 3.8) is 0 Å². The van der Waals surface area contributed by atoms with E-state index in [1.54, 1.807) is 18.4 Å². The van der Waals surface area contributed by atoms with E-state index < -0.39 is 4.92 Å². The number of nitro benzene ring substituents is 1. The Hall–Kier alpha value is -1.31. The van der Waals surface area contributed by atoms with Gasteiger partial charge in [0.05, 0.1) is 9.82 Å². The Labute approximate surface area is 133 Å². The summed E-state index contributed by atoms with van der Waals surface area (Å²) in [6, 6.07) is 4.69. The molecule has 2 rings (SSSR count). The van der Waals surface area contributed by atoms with Crippen molar-refractivity contribution in [1.29, 1.82) is 0 Å². The number of amides is 1. The molecule has 1 heterocycles. The minimum absolute atomic E-state index is 0. The second-order valence-corrected chi connectivity index (χ2v) is 5.51. The topological polar surface area (TPSA) is 84.3 Å². The van der Waals surface area contributed by atoms with Crippen molar-refractivity contribution in [2.45, 2.75) is 23.8 Å². The van der Waals surface area contributed by atoms with E-state index in [0.29, 0.717) is 10.5 Å². The zero-order chi connectivity index (χ0) is 14.5. The highest BCUT2D eigenvalue weighted by Gasteiger charge is 2.20. The van der Waals surface area contributed by atoms with Crippen molar-refractivity contribution < 1.29 is 9.72 Å². The van der Waals surface area contributed by atoms with Crippen LogP contribution in [0.3, 0.4) is 0 Å². The summed E-state index contributed by atoms with van der Waals surface area (Å²) in [5.74, 6) is -0.255. The summed E-state index contributed by atoms with van der Waals surface area (Å²) >= 11 is 1.30. The highest BCUT2D eigenvalue weighted by atomic mass is 35.5. The average Bonchev–Trinajstić information content (AvgIpc) is 2.47. The molecule has 116 valence electrons. The number of rotatable bonds is 4. The molecular formula is C13H18ClN3O3S. The molecule has 1 aliphatic rings. The van der Waals surface area contributed by atoms with E-state index in [2.05, 4.69) is 10.6 Å². The first kappa shape index (κ1) is 17.7. The third-order valence-electron chi connectivity index (χ3n) is 3.27. The number of hydrogen-bond acceptors (Lipinski definition) is 5. The van der Waals surface area contributed by atoms with Crippen LogP contribution in [0.2, 0.25) is 0 Å². The average molecular weight is 332 g/mol. The number of nitrogens with zero attached hydrogens (tertiary/aromatic N) is 1. The van der Waals surface area contributed by atoms with Crippen LogP contribution in [0.15, 0.2) is 23.1 Å². The van der Waals surface area contributed by atoms with E-state index in [1.807, 2.05) is 0 Å². The SMILES string of the molecule is CSc1ccc(C(=O)NC2CCCNC2)cc1[N+](=O)[O-].Cl. The summed E-state index contributed by atoms with van der Waals surface area (Å²) in [5.41, 5.74) is 0.312. The number of benzene rings is 1. The number of nitro groups is 1. The van der Waals surface area contributed by atoms with E-state index in [0.717, 1.165) is 25.9 Å². The fraction of sp³-hybridized carbons (Fsp3) is 0.462. The van der Waals surface area contributed by atoms with Crippen LogP contribution in [0.1, 0.15) is 23.2 Å². The smallest absolute Gasteiger partial charge is 0.283 e. The molecule has 0 spiro atoms. The Morgan fingerprint density at radius 1 is 1.52 bits per heavy atom. The van der Waals surface area contributed by atoms with Crippen molar-refractivity contribution in [3.05, 3.63) is 33.9 Å². The minimum atomic E-state index is -0.454. The van der Waals surface area contributed by atoms with Crippen molar-refractivity contribution >= 4 is 35.8 Å². The summed E-state index contributed by atoms with van der Waals surface area (Å²) in [7, 11) is 0. The molecule has 1 saturated heterocycles. The molecule has 0 aromatic heterocycles. The summed E-state index contributed by atoms with van der Waals surface area (Å²) in [6.07, 6.45) is 3.73. The Morgan fingerprint density at radius 2 is 2.29 bits per heavy atom. The van der Waals surface area contributed by atoms with E-state index in [-0.39, 0.29) is 30.0 Å². The van der Waals surface area contributed by atoms with Crippen molar-refractivity contribution in [1.82, 2.24) is 10.6 Å². The number of piperidine rings is 1. The standard InChI is InChI=1S/C13H17N3O3S.ClH/c1-20-12-5-4-9(7-11(12)16(18)19)13(17)15-10-3-2-6-14-8-10;/h4-5,7,10,14H,2-3,6,8H2,1H3,(H,15,17);1H. The lowest BCUT2D eigenvalue weighted by Gasteiger charge is -2.23. The van der Waals surface area contributed by atoms with Crippen molar-refractivity contribution in [3.8, 4) is 0 Å². The Morgan fingerprint density at radius 3 is 2.86 bits per heavy atom. The number of halogens is 1. The third kappa shape index (κ3) is 4.59. The van der Waals surface area contributed by atoms with Gasteiger partial charge in [0.1, 0.15) is 0 Å². The first-order chi connectivity index (χ1) is 9.61. The van der Waals surface area contributed by atoms with Gasteiger partial charge in [0.25, 0.3) is 11.6 Å². The number of nitrogens with one attached hydrogen (secondary N) is 2. The molecule has 1 aliphatic heterocycles. The van der Waals surface area contributed by atoms with Crippen LogP contribution >= 0.6 is 24.2 Å². The first-order valence-electron chi connectivity index (χ1n) is 6.46. The maximum atomic E-state index is 12.1. The normalized spacial score (nSPS) is 17.7. The molecule has 1 fully saturated rings. The Bertz CT molecular complexity index is 521. The molecule has 0 bridgehead atoms. The van der Waals surface area contributed by atoms with Crippen LogP contribution in [0, 0.1) is 10.1 Å². The quantitative estimate of drug-likeness (QED) is 0.502. The molecule has 21 heavy (non-hydrogen) atoms. The van der Waals surface area contributed by atoms with E-state index in [1.165, 1.54) is 17.8 Å². The van der Waals surface area contributed by atoms with E-state index >= 15 is 0 Å². The largest absolute Gasteiger partial charge is 0.348 e. The number of thioether (sulfide) groups is 1. The predicted molar refractivity (Wildman–Crippen MR) is 85.5 cm³/mol. The van der Waals surface area contributed by atoms with Crippen LogP contribution in [0.25, 0.3) is 0 Å². The minimum Gasteiger partial charge on any atom is -0.348 e. The molecule has 1 unspecified atom stereocenters. The van der Waals surface area contributed by atoms with E-state index in [4.69, 9.17) is 0 Å². The van der Waals surface area contributed by atoms with Gasteiger partial charge in [0.15, 0.2) is 0 Å². The summed E-state index contributed by atoms with van der Waals surface area (Å²) in [5, 5.41) is 17.1. The Kier molecular flexibility index (Phi) is 6.94. The zero-order valence-corrected chi connectivity index (χ0v) is 13.3. The van der Waals surface area contributed by atoms with Gasteiger partial charge in [-0.05, 0) is 37.8 Å². The highest BCUT2D eigenvalue weighted by Crippen LogP contribution is 2.28. The molecule has 1 aromatic carbocycles. The van der Waals surface area contributed by atoms with Gasteiger partial charge < -0.3 is 10.6 Å². The summed E-state index contributed by atoms with van der Waals surface area (Å²) in [4.78, 5) is 23.2. The summed E-state index contributed by atoms with van der Waals surface area (Å²) < 4.78 is 0. The first-order valence-corrected chi connectivity index (χ1v) is 7.68. The fourth-order valence-electron chi connectivity index (χ4n) is 2.22. The van der Waals surface area contributed by atoms with Crippen LogP contribution in [0.4, 0.5) is 5.69 Å². The maximum absolute atomic E-state index is 12.1. The number of carbonyl (C=O) groups excluding carboxylic acids is 1. The molecule has 0 saturated carbocycles. The van der Waals surface area contributed by atoms with E-state index in [9.17, 15) is 14.9 Å². The van der Waals surface area contributed by atoms with Gasteiger partial charge in [-0.1, -0.05) is 0 Å². The van der Waals surface area contributed by atoms with Crippen LogP contribution in [-0.4, -0.2) is 36.2 Å². The van der Waals surface area contributed by atoms with Gasteiger partial charge in [0, 0.05) is 24.2 Å². The zero-order valence-electron chi connectivity index (χ0n) is 11.6. The third-order valence-corrected chi connectivity index (χ3v) is 4.05. The predicted octanol–water partition coefficient (Wildman–Crippen LogP) is 2.22. The highest BCUT2D eigenvalue weighted by molar-refractivity contribution is 7.98. The number of carbonyl (C=O) groups is 1. The monoisotopic (exact) mass is 331 g/mol. The molecule has 8 heteroatoms. The fourth-order valence-corrected chi connectivity index (χ4v) is 2.76. The van der Waals surface area contributed by atoms with Gasteiger partial charge >= 0.3 is 0 Å². The van der Waals surface area contributed by atoms with Crippen molar-refractivity contribution in [2.75, 3.05) is 19.3 Å². The van der Waals surface area contributed by atoms with Crippen LogP contribution in [-0.2, 0) is 0 Å². The Balaban J connectivity index is 0.00000220. The van der Waals surface area contributed by atoms with Gasteiger partial charge in [0.2, 0.25) is 0 Å². The molecule has 1 amide bonds. The molecule has 1 aromatic rings. The second-order valence-electron chi connectivity index (χ2n) is 4.66. The lowest BCUT2D eigenvalue weighted by molar-refractivity contribution is -0.387. The maximum Gasteiger partial charge on any atom is 0.283 e. The number of hydrogen-bond donors (Lipinski definition) is 2. The lowest BCUT2D eigenvalue weighted by Crippen LogP contribution is -2.45.